The number of hydrogen-bond donors (Lipinski definition) is 2. The van der Waals surface area contributed by atoms with E-state index in [1.165, 1.54) is 0 Å². The first-order chi connectivity index (χ1) is 7.77. The zero-order chi connectivity index (χ0) is 11.8. The summed E-state index contributed by atoms with van der Waals surface area (Å²) in [7, 11) is 0. The van der Waals surface area contributed by atoms with Crippen LogP contribution in [0.2, 0.25) is 0 Å². The third-order valence-corrected chi connectivity index (χ3v) is 2.86. The van der Waals surface area contributed by atoms with Gasteiger partial charge in [0.2, 0.25) is 0 Å². The molecule has 0 bridgehead atoms. The predicted octanol–water partition coefficient (Wildman–Crippen LogP) is 2.73. The first-order valence-corrected chi connectivity index (χ1v) is 6.21. The molecule has 0 fully saturated rings. The second-order valence-corrected chi connectivity index (χ2v) is 4.29. The second-order valence-electron chi connectivity index (χ2n) is 3.44. The predicted molar refractivity (Wildman–Crippen MR) is 70.5 cm³/mol. The Labute approximate surface area is 105 Å². The Hall–Kier alpha value is -1.05. The van der Waals surface area contributed by atoms with Gasteiger partial charge in [0.1, 0.15) is 6.07 Å². The van der Waals surface area contributed by atoms with Crippen LogP contribution in [0.15, 0.2) is 22.7 Å². The minimum atomic E-state index is 0.665. The molecule has 1 rings (SSSR count). The highest BCUT2D eigenvalue weighted by Gasteiger charge is 1.99. The second kappa shape index (κ2) is 7.26. The smallest absolute Gasteiger partial charge is 0.100 e. The average molecular weight is 282 g/mol. The fourth-order valence-corrected chi connectivity index (χ4v) is 1.81. The van der Waals surface area contributed by atoms with Gasteiger partial charge in [0.05, 0.1) is 5.56 Å². The number of nitrogens with one attached hydrogen (secondary N) is 2. The molecule has 0 aliphatic rings. The van der Waals surface area contributed by atoms with Crippen LogP contribution in [0.25, 0.3) is 0 Å². The summed E-state index contributed by atoms with van der Waals surface area (Å²) in [6, 6.07) is 7.80. The van der Waals surface area contributed by atoms with Gasteiger partial charge >= 0.3 is 0 Å². The van der Waals surface area contributed by atoms with Crippen LogP contribution in [0.4, 0.5) is 5.69 Å². The third-order valence-electron chi connectivity index (χ3n) is 2.20. The van der Waals surface area contributed by atoms with Crippen molar-refractivity contribution in [3.8, 4) is 6.07 Å². The van der Waals surface area contributed by atoms with Crippen LogP contribution in [0.5, 0.6) is 0 Å². The van der Waals surface area contributed by atoms with Crippen molar-refractivity contribution in [2.45, 2.75) is 13.3 Å². The molecule has 1 aromatic rings. The van der Waals surface area contributed by atoms with E-state index in [4.69, 9.17) is 5.26 Å². The maximum Gasteiger partial charge on any atom is 0.100 e. The lowest BCUT2D eigenvalue weighted by atomic mass is 10.2. The van der Waals surface area contributed by atoms with Gasteiger partial charge in [-0.05, 0) is 53.6 Å². The highest BCUT2D eigenvalue weighted by Crippen LogP contribution is 2.20. The topological polar surface area (TPSA) is 47.8 Å². The van der Waals surface area contributed by atoms with Crippen LogP contribution in [0, 0.1) is 11.3 Å². The summed E-state index contributed by atoms with van der Waals surface area (Å²) in [4.78, 5) is 0. The monoisotopic (exact) mass is 281 g/mol. The highest BCUT2D eigenvalue weighted by atomic mass is 79.9. The first-order valence-electron chi connectivity index (χ1n) is 5.42. The number of nitriles is 1. The van der Waals surface area contributed by atoms with Crippen molar-refractivity contribution < 1.29 is 0 Å². The first kappa shape index (κ1) is 13.0. The molecule has 4 heteroatoms. The molecule has 0 radical (unpaired) electrons. The minimum Gasteiger partial charge on any atom is -0.385 e. The maximum absolute atomic E-state index is 8.77. The molecule has 0 aliphatic carbocycles. The van der Waals surface area contributed by atoms with Gasteiger partial charge in [0.15, 0.2) is 0 Å². The Bertz CT molecular complexity index is 371. The normalized spacial score (nSPS) is 9.81. The summed E-state index contributed by atoms with van der Waals surface area (Å²) in [5.41, 5.74) is 1.71. The molecule has 0 heterocycles. The quantitative estimate of drug-likeness (QED) is 0.789. The van der Waals surface area contributed by atoms with Crippen LogP contribution in [-0.2, 0) is 0 Å². The van der Waals surface area contributed by atoms with Gasteiger partial charge in [-0.25, -0.2) is 0 Å². The Morgan fingerprint density at radius 2 is 2.19 bits per heavy atom. The third kappa shape index (κ3) is 4.21. The molecule has 0 aromatic heterocycles. The van der Waals surface area contributed by atoms with E-state index in [9.17, 15) is 0 Å². The standard InChI is InChI=1S/C12H16BrN3/c1-2-15-6-3-7-16-11-5-4-10(9-14)12(13)8-11/h4-5,8,15-16H,2-3,6-7H2,1H3. The van der Waals surface area contributed by atoms with Crippen LogP contribution in [-0.4, -0.2) is 19.6 Å². The Morgan fingerprint density at radius 1 is 1.38 bits per heavy atom. The molecule has 0 amide bonds. The molecule has 2 N–H and O–H groups in total. The molecular weight excluding hydrogens is 266 g/mol. The van der Waals surface area contributed by atoms with E-state index in [1.807, 2.05) is 18.2 Å². The molecule has 0 saturated heterocycles. The van der Waals surface area contributed by atoms with Crippen LogP contribution in [0.3, 0.4) is 0 Å². The van der Waals surface area contributed by atoms with Gasteiger partial charge < -0.3 is 10.6 Å². The number of anilines is 1. The van der Waals surface area contributed by atoms with Crippen molar-refractivity contribution in [3.63, 3.8) is 0 Å². The molecule has 3 nitrogen and oxygen atoms in total. The number of nitrogens with zero attached hydrogens (tertiary/aromatic N) is 1. The van der Waals surface area contributed by atoms with Gasteiger partial charge in [-0.15, -0.1) is 0 Å². The number of hydrogen-bond acceptors (Lipinski definition) is 3. The fraction of sp³-hybridized carbons (Fsp3) is 0.417. The van der Waals surface area contributed by atoms with Crippen molar-refractivity contribution in [1.82, 2.24) is 5.32 Å². The molecule has 1 aromatic carbocycles. The maximum atomic E-state index is 8.77. The Morgan fingerprint density at radius 3 is 2.81 bits per heavy atom. The van der Waals surface area contributed by atoms with Crippen molar-refractivity contribution >= 4 is 21.6 Å². The number of benzene rings is 1. The van der Waals surface area contributed by atoms with Crippen molar-refractivity contribution in [3.05, 3.63) is 28.2 Å². The molecule has 0 saturated carbocycles. The molecular formula is C12H16BrN3. The lowest BCUT2D eigenvalue weighted by Gasteiger charge is -2.07. The average Bonchev–Trinajstić information content (AvgIpc) is 2.29. The van der Waals surface area contributed by atoms with Gasteiger partial charge in [0, 0.05) is 16.7 Å². The molecule has 0 atom stereocenters. The van der Waals surface area contributed by atoms with Gasteiger partial charge in [-0.2, -0.15) is 5.26 Å². The zero-order valence-corrected chi connectivity index (χ0v) is 11.0. The van der Waals surface area contributed by atoms with Crippen molar-refractivity contribution in [1.29, 1.82) is 5.26 Å². The fourth-order valence-electron chi connectivity index (χ4n) is 1.34. The summed E-state index contributed by atoms with van der Waals surface area (Å²) in [6.45, 7) is 5.08. The van der Waals surface area contributed by atoms with Crippen LogP contribution < -0.4 is 10.6 Å². The zero-order valence-electron chi connectivity index (χ0n) is 9.39. The van der Waals surface area contributed by atoms with Crippen LogP contribution in [0.1, 0.15) is 18.9 Å². The van der Waals surface area contributed by atoms with Gasteiger partial charge in [-0.3, -0.25) is 0 Å². The lowest BCUT2D eigenvalue weighted by Crippen LogP contribution is -2.17. The summed E-state index contributed by atoms with van der Waals surface area (Å²) >= 11 is 3.37. The molecule has 0 aliphatic heterocycles. The van der Waals surface area contributed by atoms with E-state index in [1.54, 1.807) is 0 Å². The molecule has 16 heavy (non-hydrogen) atoms. The van der Waals surface area contributed by atoms with E-state index in [0.29, 0.717) is 5.56 Å². The summed E-state index contributed by atoms with van der Waals surface area (Å²) < 4.78 is 0.840. The number of halogens is 1. The summed E-state index contributed by atoms with van der Waals surface area (Å²) in [6.07, 6.45) is 1.09. The SMILES string of the molecule is CCNCCCNc1ccc(C#N)c(Br)c1. The van der Waals surface area contributed by atoms with E-state index in [0.717, 1.165) is 36.2 Å². The van der Waals surface area contributed by atoms with Crippen molar-refractivity contribution in [2.75, 3.05) is 25.0 Å². The van der Waals surface area contributed by atoms with Crippen LogP contribution >= 0.6 is 15.9 Å². The van der Waals surface area contributed by atoms with E-state index in [2.05, 4.69) is 39.6 Å². The molecule has 0 spiro atoms. The van der Waals surface area contributed by atoms with E-state index in [-0.39, 0.29) is 0 Å². The highest BCUT2D eigenvalue weighted by molar-refractivity contribution is 9.10. The summed E-state index contributed by atoms with van der Waals surface area (Å²) in [5, 5.41) is 15.4. The van der Waals surface area contributed by atoms with E-state index >= 15 is 0 Å². The van der Waals surface area contributed by atoms with Crippen molar-refractivity contribution in [2.24, 2.45) is 0 Å². The Kier molecular flexibility index (Phi) is 5.91. The molecule has 0 unspecified atom stereocenters. The lowest BCUT2D eigenvalue weighted by molar-refractivity contribution is 0.689. The number of rotatable bonds is 6. The van der Waals surface area contributed by atoms with Gasteiger partial charge in [-0.1, -0.05) is 6.92 Å². The summed E-state index contributed by atoms with van der Waals surface area (Å²) in [5.74, 6) is 0. The minimum absolute atomic E-state index is 0.665. The Balaban J connectivity index is 2.38. The van der Waals surface area contributed by atoms with E-state index < -0.39 is 0 Å². The molecule has 86 valence electrons. The van der Waals surface area contributed by atoms with Gasteiger partial charge in [0.25, 0.3) is 0 Å². The largest absolute Gasteiger partial charge is 0.385 e.